The topological polar surface area (TPSA) is 15.3 Å². The van der Waals surface area contributed by atoms with Crippen LogP contribution in [0.4, 0.5) is 0 Å². The van der Waals surface area contributed by atoms with Gasteiger partial charge in [-0.15, -0.1) is 0 Å². The van der Waals surface area contributed by atoms with Crippen molar-refractivity contribution < 1.29 is 0 Å². The van der Waals surface area contributed by atoms with Crippen LogP contribution in [0.1, 0.15) is 54.4 Å². The molecule has 0 aromatic heterocycles. The fourth-order valence-electron chi connectivity index (χ4n) is 3.17. The summed E-state index contributed by atoms with van der Waals surface area (Å²) in [6.07, 6.45) is 2.57. The highest BCUT2D eigenvalue weighted by atomic mass is 15.2. The molecular weight excluding hydrogens is 196 g/mol. The first-order valence-corrected chi connectivity index (χ1v) is 6.73. The van der Waals surface area contributed by atoms with Gasteiger partial charge in [0.1, 0.15) is 0 Å². The lowest BCUT2D eigenvalue weighted by Gasteiger charge is -2.40. The van der Waals surface area contributed by atoms with Crippen molar-refractivity contribution in [1.29, 1.82) is 0 Å². The summed E-state index contributed by atoms with van der Waals surface area (Å²) < 4.78 is 0. The molecule has 1 unspecified atom stereocenters. The van der Waals surface area contributed by atoms with Crippen LogP contribution in [0.5, 0.6) is 0 Å². The molecule has 96 valence electrons. The van der Waals surface area contributed by atoms with Crippen LogP contribution < -0.4 is 5.32 Å². The van der Waals surface area contributed by atoms with Crippen LogP contribution in [0.25, 0.3) is 0 Å². The predicted molar refractivity (Wildman–Crippen MR) is 71.8 cm³/mol. The molecule has 1 atom stereocenters. The maximum atomic E-state index is 3.57. The second-order valence-corrected chi connectivity index (χ2v) is 7.04. The largest absolute Gasteiger partial charge is 0.313 e. The van der Waals surface area contributed by atoms with E-state index in [1.54, 1.807) is 0 Å². The van der Waals surface area contributed by atoms with Gasteiger partial charge in [0.15, 0.2) is 0 Å². The summed E-state index contributed by atoms with van der Waals surface area (Å²) in [5, 5.41) is 3.57. The van der Waals surface area contributed by atoms with Crippen LogP contribution in [0.15, 0.2) is 0 Å². The van der Waals surface area contributed by atoms with Crippen LogP contribution >= 0.6 is 0 Å². The van der Waals surface area contributed by atoms with E-state index in [4.69, 9.17) is 0 Å². The Morgan fingerprint density at radius 2 is 1.81 bits per heavy atom. The molecule has 0 bridgehead atoms. The molecule has 1 saturated heterocycles. The smallest absolute Gasteiger partial charge is 0.0207 e. The fraction of sp³-hybridized carbons (Fsp3) is 1.00. The van der Waals surface area contributed by atoms with Crippen molar-refractivity contribution in [1.82, 2.24) is 10.2 Å². The highest BCUT2D eigenvalue weighted by molar-refractivity contribution is 4.92. The quantitative estimate of drug-likeness (QED) is 0.793. The van der Waals surface area contributed by atoms with E-state index in [1.807, 2.05) is 0 Å². The Bertz CT molecular complexity index is 215. The molecule has 16 heavy (non-hydrogen) atoms. The lowest BCUT2D eigenvalue weighted by Crippen LogP contribution is -2.46. The molecule has 1 fully saturated rings. The van der Waals surface area contributed by atoms with Crippen molar-refractivity contribution in [3.63, 3.8) is 0 Å². The molecule has 1 aliphatic rings. The molecule has 2 heteroatoms. The monoisotopic (exact) mass is 226 g/mol. The third-order valence-electron chi connectivity index (χ3n) is 3.50. The van der Waals surface area contributed by atoms with E-state index in [1.165, 1.54) is 25.9 Å². The molecule has 2 nitrogen and oxygen atoms in total. The molecule has 1 N–H and O–H groups in total. The van der Waals surface area contributed by atoms with Gasteiger partial charge in [-0.25, -0.2) is 0 Å². The van der Waals surface area contributed by atoms with Gasteiger partial charge in [-0.3, -0.25) is 4.90 Å². The predicted octanol–water partition coefficient (Wildman–Crippen LogP) is 2.89. The zero-order valence-corrected chi connectivity index (χ0v) is 12.1. The van der Waals surface area contributed by atoms with Gasteiger partial charge in [0, 0.05) is 24.7 Å². The van der Waals surface area contributed by atoms with Crippen LogP contribution in [0.3, 0.4) is 0 Å². The van der Waals surface area contributed by atoms with Crippen LogP contribution in [0, 0.1) is 5.41 Å². The lowest BCUT2D eigenvalue weighted by atomic mass is 9.81. The van der Waals surface area contributed by atoms with Gasteiger partial charge in [0.2, 0.25) is 0 Å². The summed E-state index contributed by atoms with van der Waals surface area (Å²) in [4.78, 5) is 2.66. The number of likely N-dealkylation sites (N-methyl/N-ethyl adjacent to an activating group) is 1. The van der Waals surface area contributed by atoms with Crippen molar-refractivity contribution in [2.45, 2.75) is 66.0 Å². The molecule has 0 aromatic rings. The lowest BCUT2D eigenvalue weighted by molar-refractivity contribution is 0.0994. The Balaban J connectivity index is 2.51. The van der Waals surface area contributed by atoms with Crippen molar-refractivity contribution in [3.05, 3.63) is 0 Å². The van der Waals surface area contributed by atoms with Gasteiger partial charge in [-0.05, 0) is 38.6 Å². The normalized spacial score (nSPS) is 24.0. The van der Waals surface area contributed by atoms with Crippen LogP contribution in [0.2, 0.25) is 0 Å². The minimum Gasteiger partial charge on any atom is -0.313 e. The second-order valence-electron chi connectivity index (χ2n) is 7.04. The van der Waals surface area contributed by atoms with Gasteiger partial charge < -0.3 is 5.32 Å². The second kappa shape index (κ2) is 5.05. The summed E-state index contributed by atoms with van der Waals surface area (Å²) >= 11 is 0. The molecular formula is C14H30N2. The van der Waals surface area contributed by atoms with E-state index in [0.29, 0.717) is 17.0 Å². The Hall–Kier alpha value is -0.0800. The Kier molecular flexibility index (Phi) is 4.42. The van der Waals surface area contributed by atoms with Crippen molar-refractivity contribution >= 4 is 0 Å². The molecule has 0 amide bonds. The average Bonchev–Trinajstić information content (AvgIpc) is 2.49. The molecule has 0 aliphatic carbocycles. The molecule has 0 radical (unpaired) electrons. The number of rotatable bonds is 4. The van der Waals surface area contributed by atoms with E-state index < -0.39 is 0 Å². The van der Waals surface area contributed by atoms with E-state index in [9.17, 15) is 0 Å². The van der Waals surface area contributed by atoms with E-state index >= 15 is 0 Å². The van der Waals surface area contributed by atoms with Crippen LogP contribution in [-0.4, -0.2) is 36.1 Å². The van der Waals surface area contributed by atoms with Crippen molar-refractivity contribution in [2.75, 3.05) is 19.6 Å². The highest BCUT2D eigenvalue weighted by Crippen LogP contribution is 2.33. The molecule has 1 rings (SSSR count). The number of hydrogen-bond donors (Lipinski definition) is 1. The van der Waals surface area contributed by atoms with E-state index in [2.05, 4.69) is 51.8 Å². The standard InChI is InChI=1S/C14H30N2/c1-7-15-12-8-9-16(10-12)14(5,6)11-13(2,3)4/h12,15H,7-11H2,1-6H3. The maximum Gasteiger partial charge on any atom is 0.0207 e. The first-order valence-electron chi connectivity index (χ1n) is 6.73. The fourth-order valence-corrected chi connectivity index (χ4v) is 3.17. The molecule has 0 aromatic carbocycles. The summed E-state index contributed by atoms with van der Waals surface area (Å²) in [5.74, 6) is 0. The SMILES string of the molecule is CCNC1CCN(C(C)(C)CC(C)(C)C)C1. The molecule has 1 aliphatic heterocycles. The molecule has 0 saturated carbocycles. The summed E-state index contributed by atoms with van der Waals surface area (Å²) in [7, 11) is 0. The Labute approximate surface area is 102 Å². The zero-order valence-electron chi connectivity index (χ0n) is 12.1. The van der Waals surface area contributed by atoms with Crippen LogP contribution in [-0.2, 0) is 0 Å². The highest BCUT2D eigenvalue weighted by Gasteiger charge is 2.35. The van der Waals surface area contributed by atoms with Gasteiger partial charge in [-0.2, -0.15) is 0 Å². The van der Waals surface area contributed by atoms with Crippen molar-refractivity contribution in [2.24, 2.45) is 5.41 Å². The summed E-state index contributed by atoms with van der Waals surface area (Å²) in [5.41, 5.74) is 0.752. The van der Waals surface area contributed by atoms with Crippen molar-refractivity contribution in [3.8, 4) is 0 Å². The zero-order chi connectivity index (χ0) is 12.4. The van der Waals surface area contributed by atoms with Gasteiger partial charge >= 0.3 is 0 Å². The van der Waals surface area contributed by atoms with Gasteiger partial charge in [-0.1, -0.05) is 27.7 Å². The maximum absolute atomic E-state index is 3.57. The number of nitrogens with one attached hydrogen (secondary N) is 1. The Morgan fingerprint density at radius 1 is 1.19 bits per heavy atom. The minimum atomic E-state index is 0.336. The third-order valence-corrected chi connectivity index (χ3v) is 3.50. The molecule has 1 heterocycles. The first-order chi connectivity index (χ1) is 7.24. The Morgan fingerprint density at radius 3 is 2.31 bits per heavy atom. The van der Waals surface area contributed by atoms with E-state index in [0.717, 1.165) is 6.54 Å². The minimum absolute atomic E-state index is 0.336. The first kappa shape index (κ1) is 14.0. The number of likely N-dealkylation sites (tertiary alicyclic amines) is 1. The summed E-state index contributed by atoms with van der Waals surface area (Å²) in [6.45, 7) is 17.6. The van der Waals surface area contributed by atoms with Gasteiger partial charge in [0.25, 0.3) is 0 Å². The van der Waals surface area contributed by atoms with Gasteiger partial charge in [0.05, 0.1) is 0 Å². The average molecular weight is 226 g/mol. The van der Waals surface area contributed by atoms with E-state index in [-0.39, 0.29) is 0 Å². The third kappa shape index (κ3) is 4.06. The number of nitrogens with zero attached hydrogens (tertiary/aromatic N) is 1. The molecule has 0 spiro atoms. The number of hydrogen-bond acceptors (Lipinski definition) is 2. The summed E-state index contributed by atoms with van der Waals surface area (Å²) in [6, 6.07) is 0.712.